The van der Waals surface area contributed by atoms with Gasteiger partial charge in [0.15, 0.2) is 0 Å². The Kier molecular flexibility index (Phi) is 4.14. The van der Waals surface area contributed by atoms with Gasteiger partial charge in [0.25, 0.3) is 0 Å². The second-order valence-corrected chi connectivity index (χ2v) is 5.80. The minimum atomic E-state index is -0.317. The van der Waals surface area contributed by atoms with Crippen molar-refractivity contribution in [1.29, 1.82) is 0 Å². The molecule has 0 radical (unpaired) electrons. The van der Waals surface area contributed by atoms with Crippen molar-refractivity contribution in [3.05, 3.63) is 29.8 Å². The molecule has 1 aliphatic rings. The standard InChI is InChI=1S/C15H20N6O2/c1-10-5-12(19-20(10)2)3-4-16-15(23)11-6-14(22)21(9-11)13-7-17-18-8-13/h5,7-8,11H,3-4,6,9H2,1-2H3,(H,16,23)(H,17,18). The highest BCUT2D eigenvalue weighted by Gasteiger charge is 2.35. The maximum atomic E-state index is 12.2. The molecule has 122 valence electrons. The van der Waals surface area contributed by atoms with Gasteiger partial charge in [-0.15, -0.1) is 0 Å². The van der Waals surface area contributed by atoms with Gasteiger partial charge < -0.3 is 10.2 Å². The van der Waals surface area contributed by atoms with Gasteiger partial charge >= 0.3 is 0 Å². The minimum absolute atomic E-state index is 0.0492. The molecule has 0 spiro atoms. The van der Waals surface area contributed by atoms with Crippen molar-refractivity contribution in [2.45, 2.75) is 19.8 Å². The fraction of sp³-hybridized carbons (Fsp3) is 0.467. The summed E-state index contributed by atoms with van der Waals surface area (Å²) in [5, 5.41) is 13.8. The first-order chi connectivity index (χ1) is 11.0. The molecule has 23 heavy (non-hydrogen) atoms. The van der Waals surface area contributed by atoms with Gasteiger partial charge in [-0.2, -0.15) is 10.2 Å². The number of nitrogens with one attached hydrogen (secondary N) is 2. The van der Waals surface area contributed by atoms with Crippen molar-refractivity contribution in [3.8, 4) is 0 Å². The molecule has 2 amide bonds. The van der Waals surface area contributed by atoms with Crippen LogP contribution in [0, 0.1) is 12.8 Å². The van der Waals surface area contributed by atoms with Crippen molar-refractivity contribution < 1.29 is 9.59 Å². The molecule has 2 N–H and O–H groups in total. The van der Waals surface area contributed by atoms with Crippen molar-refractivity contribution >= 4 is 17.5 Å². The molecule has 2 aromatic heterocycles. The summed E-state index contributed by atoms with van der Waals surface area (Å²) in [5.41, 5.74) is 2.74. The first kappa shape index (κ1) is 15.3. The largest absolute Gasteiger partial charge is 0.355 e. The van der Waals surface area contributed by atoms with Crippen molar-refractivity contribution in [2.24, 2.45) is 13.0 Å². The van der Waals surface area contributed by atoms with Crippen LogP contribution in [0.4, 0.5) is 5.69 Å². The third kappa shape index (κ3) is 3.25. The molecule has 3 rings (SSSR count). The van der Waals surface area contributed by atoms with E-state index in [4.69, 9.17) is 0 Å². The zero-order valence-corrected chi connectivity index (χ0v) is 13.2. The van der Waals surface area contributed by atoms with Gasteiger partial charge in [-0.1, -0.05) is 0 Å². The fourth-order valence-electron chi connectivity index (χ4n) is 2.74. The minimum Gasteiger partial charge on any atom is -0.355 e. The number of aromatic amines is 1. The van der Waals surface area contributed by atoms with Gasteiger partial charge in [0.05, 0.1) is 23.5 Å². The Labute approximate surface area is 133 Å². The zero-order chi connectivity index (χ0) is 16.4. The quantitative estimate of drug-likeness (QED) is 0.821. The van der Waals surface area contributed by atoms with Gasteiger partial charge in [0.1, 0.15) is 0 Å². The van der Waals surface area contributed by atoms with E-state index in [1.165, 1.54) is 0 Å². The summed E-state index contributed by atoms with van der Waals surface area (Å²) in [7, 11) is 1.89. The number of hydrogen-bond donors (Lipinski definition) is 2. The number of rotatable bonds is 5. The van der Waals surface area contributed by atoms with Gasteiger partial charge in [0.2, 0.25) is 11.8 Å². The van der Waals surface area contributed by atoms with Crippen molar-refractivity contribution in [3.63, 3.8) is 0 Å². The van der Waals surface area contributed by atoms with E-state index in [-0.39, 0.29) is 24.2 Å². The van der Waals surface area contributed by atoms with Gasteiger partial charge in [0, 0.05) is 44.9 Å². The number of carbonyl (C=O) groups is 2. The predicted octanol–water partition coefficient (Wildman–Crippen LogP) is 0.163. The van der Waals surface area contributed by atoms with Crippen LogP contribution in [0.1, 0.15) is 17.8 Å². The van der Waals surface area contributed by atoms with E-state index in [0.29, 0.717) is 25.2 Å². The lowest BCUT2D eigenvalue weighted by Crippen LogP contribution is -2.34. The Bertz CT molecular complexity index is 686. The van der Waals surface area contributed by atoms with Crippen LogP contribution in [0.3, 0.4) is 0 Å². The zero-order valence-electron chi connectivity index (χ0n) is 13.2. The van der Waals surface area contributed by atoms with Gasteiger partial charge in [-0.05, 0) is 13.0 Å². The van der Waals surface area contributed by atoms with Crippen LogP contribution in [0.5, 0.6) is 0 Å². The molecule has 8 nitrogen and oxygen atoms in total. The molecule has 8 heteroatoms. The van der Waals surface area contributed by atoms with Gasteiger partial charge in [-0.3, -0.25) is 19.4 Å². The smallest absolute Gasteiger partial charge is 0.227 e. The Morgan fingerprint density at radius 2 is 2.35 bits per heavy atom. The molecule has 0 aromatic carbocycles. The van der Waals surface area contributed by atoms with Crippen LogP contribution in [-0.2, 0) is 23.1 Å². The summed E-state index contributed by atoms with van der Waals surface area (Å²) in [4.78, 5) is 25.8. The lowest BCUT2D eigenvalue weighted by atomic mass is 10.1. The lowest BCUT2D eigenvalue weighted by molar-refractivity contribution is -0.126. The lowest BCUT2D eigenvalue weighted by Gasteiger charge is -2.14. The fourth-order valence-corrected chi connectivity index (χ4v) is 2.74. The molecular weight excluding hydrogens is 296 g/mol. The topological polar surface area (TPSA) is 95.9 Å². The SMILES string of the molecule is Cc1cc(CCNC(=O)C2CC(=O)N(c3cn[nH]c3)C2)nn1C. The van der Waals surface area contributed by atoms with E-state index in [1.54, 1.807) is 17.3 Å². The normalized spacial score (nSPS) is 17.7. The average molecular weight is 316 g/mol. The van der Waals surface area contributed by atoms with Crippen molar-refractivity contribution in [2.75, 3.05) is 18.0 Å². The molecule has 1 fully saturated rings. The highest BCUT2D eigenvalue weighted by atomic mass is 16.2. The molecule has 2 aromatic rings. The molecule has 1 unspecified atom stereocenters. The van der Waals surface area contributed by atoms with Crippen LogP contribution >= 0.6 is 0 Å². The Hall–Kier alpha value is -2.64. The number of hydrogen-bond acceptors (Lipinski definition) is 4. The predicted molar refractivity (Wildman–Crippen MR) is 83.7 cm³/mol. The summed E-state index contributed by atoms with van der Waals surface area (Å²) in [6, 6.07) is 2.01. The summed E-state index contributed by atoms with van der Waals surface area (Å²) >= 11 is 0. The highest BCUT2D eigenvalue weighted by molar-refractivity contribution is 6.00. The van der Waals surface area contributed by atoms with Gasteiger partial charge in [-0.25, -0.2) is 0 Å². The molecule has 0 bridgehead atoms. The number of carbonyl (C=O) groups excluding carboxylic acids is 2. The molecule has 1 atom stereocenters. The number of aromatic nitrogens is 4. The summed E-state index contributed by atoms with van der Waals surface area (Å²) in [5.74, 6) is -0.452. The summed E-state index contributed by atoms with van der Waals surface area (Å²) in [6.45, 7) is 2.91. The van der Waals surface area contributed by atoms with Crippen LogP contribution < -0.4 is 10.2 Å². The maximum Gasteiger partial charge on any atom is 0.227 e. The second kappa shape index (κ2) is 6.23. The maximum absolute atomic E-state index is 12.2. The molecule has 3 heterocycles. The van der Waals surface area contributed by atoms with E-state index in [9.17, 15) is 9.59 Å². The number of nitrogens with zero attached hydrogens (tertiary/aromatic N) is 4. The molecule has 0 aliphatic carbocycles. The number of anilines is 1. The monoisotopic (exact) mass is 316 g/mol. The van der Waals surface area contributed by atoms with E-state index >= 15 is 0 Å². The second-order valence-electron chi connectivity index (χ2n) is 5.80. The van der Waals surface area contributed by atoms with Crippen LogP contribution in [-0.4, -0.2) is 44.9 Å². The van der Waals surface area contributed by atoms with Crippen LogP contribution in [0.2, 0.25) is 0 Å². The first-order valence-electron chi connectivity index (χ1n) is 7.61. The Morgan fingerprint density at radius 3 is 3.00 bits per heavy atom. The third-order valence-corrected chi connectivity index (χ3v) is 4.14. The van der Waals surface area contributed by atoms with Crippen LogP contribution in [0.25, 0.3) is 0 Å². The summed E-state index contributed by atoms with van der Waals surface area (Å²) < 4.78 is 1.82. The number of H-pyrrole nitrogens is 1. The Balaban J connectivity index is 1.50. The molecular formula is C15H20N6O2. The van der Waals surface area contributed by atoms with E-state index < -0.39 is 0 Å². The van der Waals surface area contributed by atoms with Crippen LogP contribution in [0.15, 0.2) is 18.5 Å². The third-order valence-electron chi connectivity index (χ3n) is 4.14. The summed E-state index contributed by atoms with van der Waals surface area (Å²) in [6.07, 6.45) is 4.16. The van der Waals surface area contributed by atoms with E-state index in [0.717, 1.165) is 11.4 Å². The van der Waals surface area contributed by atoms with Crippen molar-refractivity contribution in [1.82, 2.24) is 25.3 Å². The first-order valence-corrected chi connectivity index (χ1v) is 7.61. The highest BCUT2D eigenvalue weighted by Crippen LogP contribution is 2.23. The molecule has 1 saturated heterocycles. The van der Waals surface area contributed by atoms with E-state index in [1.807, 2.05) is 24.7 Å². The molecule has 0 saturated carbocycles. The number of aryl methyl sites for hydroxylation is 2. The molecule has 1 aliphatic heterocycles. The van der Waals surface area contributed by atoms with E-state index in [2.05, 4.69) is 20.6 Å². The average Bonchev–Trinajstić information content (AvgIpc) is 3.21. The number of amides is 2. The Morgan fingerprint density at radius 1 is 1.52 bits per heavy atom.